The van der Waals surface area contributed by atoms with Crippen LogP contribution in [0.1, 0.15) is 30.8 Å². The number of aromatic nitrogens is 2. The molecule has 0 saturated carbocycles. The van der Waals surface area contributed by atoms with E-state index in [9.17, 15) is 9.59 Å². The minimum absolute atomic E-state index is 0.124. The van der Waals surface area contributed by atoms with Gasteiger partial charge in [0.05, 0.1) is 11.6 Å². The zero-order valence-corrected chi connectivity index (χ0v) is 12.7. The third-order valence-corrected chi connectivity index (χ3v) is 3.62. The lowest BCUT2D eigenvalue weighted by molar-refractivity contribution is -0.141. The van der Waals surface area contributed by atoms with Gasteiger partial charge in [-0.15, -0.1) is 0 Å². The van der Waals surface area contributed by atoms with Crippen molar-refractivity contribution in [1.82, 2.24) is 15.1 Å². The summed E-state index contributed by atoms with van der Waals surface area (Å²) in [5.74, 6) is -1.82. The van der Waals surface area contributed by atoms with E-state index in [1.54, 1.807) is 6.92 Å². The van der Waals surface area contributed by atoms with Crippen LogP contribution in [0.15, 0.2) is 0 Å². The average molecular weight is 281 g/mol. The molecule has 112 valence electrons. The summed E-state index contributed by atoms with van der Waals surface area (Å²) in [7, 11) is 1.88. The summed E-state index contributed by atoms with van der Waals surface area (Å²) in [6.07, 6.45) is 0.610. The highest BCUT2D eigenvalue weighted by Gasteiger charge is 2.19. The summed E-state index contributed by atoms with van der Waals surface area (Å²) in [6, 6.07) is 0. The fourth-order valence-electron chi connectivity index (χ4n) is 2.03. The lowest BCUT2D eigenvalue weighted by atomic mass is 9.98. The average Bonchev–Trinajstić information content (AvgIpc) is 2.61. The van der Waals surface area contributed by atoms with Crippen molar-refractivity contribution < 1.29 is 14.7 Å². The van der Waals surface area contributed by atoms with E-state index < -0.39 is 11.9 Å². The standard InChI is InChI=1S/C14H23N3O3/c1-8(13(18)15-7-9(2)14(19)20)6-12-10(3)16-17(5)11(12)4/h8-9H,6-7H2,1-5H3,(H,15,18)(H,19,20)/t8-,9-/m1/s1. The first kappa shape index (κ1) is 16.2. The number of carboxylic acid groups (broad SMARTS) is 1. The van der Waals surface area contributed by atoms with Gasteiger partial charge in [-0.2, -0.15) is 5.10 Å². The first-order valence-electron chi connectivity index (χ1n) is 6.73. The van der Waals surface area contributed by atoms with Gasteiger partial charge in [0.15, 0.2) is 0 Å². The molecule has 1 heterocycles. The number of nitrogens with zero attached hydrogens (tertiary/aromatic N) is 2. The summed E-state index contributed by atoms with van der Waals surface area (Å²) < 4.78 is 1.81. The molecule has 0 radical (unpaired) electrons. The molecule has 0 aliphatic heterocycles. The molecule has 1 amide bonds. The van der Waals surface area contributed by atoms with Gasteiger partial charge in [-0.1, -0.05) is 13.8 Å². The molecular formula is C14H23N3O3. The van der Waals surface area contributed by atoms with Crippen molar-refractivity contribution in [3.63, 3.8) is 0 Å². The highest BCUT2D eigenvalue weighted by molar-refractivity contribution is 5.79. The van der Waals surface area contributed by atoms with E-state index in [2.05, 4.69) is 10.4 Å². The summed E-state index contributed by atoms with van der Waals surface area (Å²) in [6.45, 7) is 7.48. The Morgan fingerprint density at radius 3 is 2.35 bits per heavy atom. The maximum Gasteiger partial charge on any atom is 0.308 e. The fraction of sp³-hybridized carbons (Fsp3) is 0.643. The van der Waals surface area contributed by atoms with E-state index in [1.165, 1.54) is 0 Å². The lowest BCUT2D eigenvalue weighted by Crippen LogP contribution is -2.35. The van der Waals surface area contributed by atoms with Crippen LogP contribution in [0.5, 0.6) is 0 Å². The molecule has 0 saturated heterocycles. The second-order valence-corrected chi connectivity index (χ2v) is 5.36. The Hall–Kier alpha value is -1.85. The minimum Gasteiger partial charge on any atom is -0.481 e. The Bertz CT molecular complexity index is 508. The molecule has 2 atom stereocenters. The summed E-state index contributed by atoms with van der Waals surface area (Å²) in [5, 5.41) is 15.8. The van der Waals surface area contributed by atoms with Crippen LogP contribution in [0.3, 0.4) is 0 Å². The molecule has 0 aliphatic rings. The third-order valence-electron chi connectivity index (χ3n) is 3.62. The molecule has 0 bridgehead atoms. The highest BCUT2D eigenvalue weighted by Crippen LogP contribution is 2.17. The van der Waals surface area contributed by atoms with Crippen molar-refractivity contribution in [2.24, 2.45) is 18.9 Å². The van der Waals surface area contributed by atoms with Crippen molar-refractivity contribution >= 4 is 11.9 Å². The number of carboxylic acids is 1. The predicted molar refractivity (Wildman–Crippen MR) is 75.4 cm³/mol. The van der Waals surface area contributed by atoms with Crippen LogP contribution in [0, 0.1) is 25.7 Å². The van der Waals surface area contributed by atoms with Crippen LogP contribution >= 0.6 is 0 Å². The van der Waals surface area contributed by atoms with Gasteiger partial charge in [-0.3, -0.25) is 14.3 Å². The number of aliphatic carboxylic acids is 1. The third kappa shape index (κ3) is 3.82. The van der Waals surface area contributed by atoms with Gasteiger partial charge in [0, 0.05) is 25.2 Å². The van der Waals surface area contributed by atoms with Crippen LogP contribution in [-0.2, 0) is 23.1 Å². The Morgan fingerprint density at radius 2 is 1.90 bits per heavy atom. The van der Waals surface area contributed by atoms with Crippen LogP contribution < -0.4 is 5.32 Å². The Morgan fingerprint density at radius 1 is 1.30 bits per heavy atom. The summed E-state index contributed by atoms with van der Waals surface area (Å²) in [5.41, 5.74) is 3.08. The van der Waals surface area contributed by atoms with E-state index in [-0.39, 0.29) is 18.4 Å². The summed E-state index contributed by atoms with van der Waals surface area (Å²) in [4.78, 5) is 22.7. The van der Waals surface area contributed by atoms with Crippen molar-refractivity contribution in [2.75, 3.05) is 6.54 Å². The smallest absolute Gasteiger partial charge is 0.308 e. The van der Waals surface area contributed by atoms with E-state index in [0.717, 1.165) is 17.0 Å². The second-order valence-electron chi connectivity index (χ2n) is 5.36. The molecule has 0 spiro atoms. The zero-order valence-electron chi connectivity index (χ0n) is 12.7. The van der Waals surface area contributed by atoms with Gasteiger partial charge in [0.1, 0.15) is 0 Å². The number of hydrogen-bond acceptors (Lipinski definition) is 3. The Balaban J connectivity index is 2.60. The quantitative estimate of drug-likeness (QED) is 0.816. The van der Waals surface area contributed by atoms with Crippen molar-refractivity contribution in [3.8, 4) is 0 Å². The van der Waals surface area contributed by atoms with E-state index >= 15 is 0 Å². The monoisotopic (exact) mass is 281 g/mol. The predicted octanol–water partition coefficient (Wildman–Crippen LogP) is 1.05. The maximum absolute atomic E-state index is 12.0. The molecule has 2 N–H and O–H groups in total. The van der Waals surface area contributed by atoms with Gasteiger partial charge in [-0.25, -0.2) is 0 Å². The number of carbonyl (C=O) groups is 2. The van der Waals surface area contributed by atoms with Crippen LogP contribution in [-0.4, -0.2) is 33.3 Å². The van der Waals surface area contributed by atoms with E-state index in [1.807, 2.05) is 32.5 Å². The number of amides is 1. The lowest BCUT2D eigenvalue weighted by Gasteiger charge is -2.14. The van der Waals surface area contributed by atoms with Crippen molar-refractivity contribution in [2.45, 2.75) is 34.1 Å². The second kappa shape index (κ2) is 6.54. The van der Waals surface area contributed by atoms with Crippen molar-refractivity contribution in [1.29, 1.82) is 0 Å². The molecule has 1 rings (SSSR count). The Labute approximate surface area is 119 Å². The van der Waals surface area contributed by atoms with Gasteiger partial charge in [-0.05, 0) is 25.8 Å². The molecule has 1 aromatic rings. The molecule has 0 aromatic carbocycles. The topological polar surface area (TPSA) is 84.2 Å². The van der Waals surface area contributed by atoms with E-state index in [4.69, 9.17) is 5.11 Å². The first-order chi connectivity index (χ1) is 9.23. The van der Waals surface area contributed by atoms with Gasteiger partial charge in [0.2, 0.25) is 5.91 Å². The van der Waals surface area contributed by atoms with E-state index in [0.29, 0.717) is 6.42 Å². The number of carbonyl (C=O) groups excluding carboxylic acids is 1. The first-order valence-corrected chi connectivity index (χ1v) is 6.73. The van der Waals surface area contributed by atoms with Crippen LogP contribution in [0.4, 0.5) is 0 Å². The molecule has 0 unspecified atom stereocenters. The van der Waals surface area contributed by atoms with Gasteiger partial charge < -0.3 is 10.4 Å². The summed E-state index contributed by atoms with van der Waals surface area (Å²) >= 11 is 0. The fourth-order valence-corrected chi connectivity index (χ4v) is 2.03. The van der Waals surface area contributed by atoms with Gasteiger partial charge >= 0.3 is 5.97 Å². The number of rotatable bonds is 6. The molecule has 6 heteroatoms. The number of aryl methyl sites for hydroxylation is 2. The zero-order chi connectivity index (χ0) is 15.4. The molecular weight excluding hydrogens is 258 g/mol. The largest absolute Gasteiger partial charge is 0.481 e. The Kier molecular flexibility index (Phi) is 5.30. The minimum atomic E-state index is -0.906. The SMILES string of the molecule is Cc1nn(C)c(C)c1C[C@@H](C)C(=O)NC[C@@H](C)C(=O)O. The van der Waals surface area contributed by atoms with Crippen molar-refractivity contribution in [3.05, 3.63) is 17.0 Å². The molecule has 6 nitrogen and oxygen atoms in total. The molecule has 0 fully saturated rings. The normalized spacial score (nSPS) is 13.8. The van der Waals surface area contributed by atoms with Crippen LogP contribution in [0.25, 0.3) is 0 Å². The number of hydrogen-bond donors (Lipinski definition) is 2. The number of nitrogens with one attached hydrogen (secondary N) is 1. The molecule has 20 heavy (non-hydrogen) atoms. The molecule has 0 aliphatic carbocycles. The van der Waals surface area contributed by atoms with Crippen LogP contribution in [0.2, 0.25) is 0 Å². The highest BCUT2D eigenvalue weighted by atomic mass is 16.4. The molecule has 1 aromatic heterocycles. The van der Waals surface area contributed by atoms with Gasteiger partial charge in [0.25, 0.3) is 0 Å². The maximum atomic E-state index is 12.0.